The lowest BCUT2D eigenvalue weighted by Crippen LogP contribution is -2.34. The summed E-state index contributed by atoms with van der Waals surface area (Å²) in [5.41, 5.74) is 2.71. The standard InChI is InChI=1S/C15H17NO3S/c1-11-7-8-14(12(2)10-11)13(3)20(18,19)15-6-4-5-9-16(15)17/h4-10,13H,1-3H3. The molecule has 1 unspecified atom stereocenters. The number of hydrogen-bond donors (Lipinski definition) is 0. The molecule has 5 heteroatoms. The Hall–Kier alpha value is -1.88. The van der Waals surface area contributed by atoms with Gasteiger partial charge in [-0.3, -0.25) is 0 Å². The van der Waals surface area contributed by atoms with Crippen molar-refractivity contribution in [3.63, 3.8) is 0 Å². The molecule has 0 saturated heterocycles. The van der Waals surface area contributed by atoms with Gasteiger partial charge in [-0.15, -0.1) is 0 Å². The van der Waals surface area contributed by atoms with Gasteiger partial charge >= 0.3 is 5.03 Å². The van der Waals surface area contributed by atoms with E-state index in [1.807, 2.05) is 32.0 Å². The molecule has 106 valence electrons. The third-order valence-electron chi connectivity index (χ3n) is 3.41. The highest BCUT2D eigenvalue weighted by Gasteiger charge is 2.32. The molecule has 0 amide bonds. The quantitative estimate of drug-likeness (QED) is 0.644. The van der Waals surface area contributed by atoms with Crippen LogP contribution in [-0.2, 0) is 9.84 Å². The molecule has 0 aliphatic heterocycles. The number of benzene rings is 1. The zero-order chi connectivity index (χ0) is 14.9. The summed E-state index contributed by atoms with van der Waals surface area (Å²) in [7, 11) is -3.71. The number of rotatable bonds is 3. The average molecular weight is 291 g/mol. The van der Waals surface area contributed by atoms with Crippen molar-refractivity contribution in [3.8, 4) is 0 Å². The highest BCUT2D eigenvalue weighted by molar-refractivity contribution is 7.91. The van der Waals surface area contributed by atoms with Gasteiger partial charge in [0.05, 0.1) is 5.25 Å². The van der Waals surface area contributed by atoms with E-state index in [9.17, 15) is 13.6 Å². The second-order valence-electron chi connectivity index (χ2n) is 4.91. The Morgan fingerprint density at radius 3 is 2.45 bits per heavy atom. The molecule has 0 radical (unpaired) electrons. The van der Waals surface area contributed by atoms with Gasteiger partial charge in [0.25, 0.3) is 0 Å². The monoisotopic (exact) mass is 291 g/mol. The predicted molar refractivity (Wildman–Crippen MR) is 76.9 cm³/mol. The molecule has 0 N–H and O–H groups in total. The highest BCUT2D eigenvalue weighted by Crippen LogP contribution is 2.29. The molecule has 1 aromatic heterocycles. The maximum absolute atomic E-state index is 12.6. The lowest BCUT2D eigenvalue weighted by Gasteiger charge is -2.15. The fraction of sp³-hybridized carbons (Fsp3) is 0.267. The first-order valence-corrected chi connectivity index (χ1v) is 7.88. The number of hydrogen-bond acceptors (Lipinski definition) is 3. The molecular formula is C15H17NO3S. The van der Waals surface area contributed by atoms with Gasteiger partial charge < -0.3 is 5.21 Å². The normalized spacial score (nSPS) is 13.2. The molecule has 20 heavy (non-hydrogen) atoms. The van der Waals surface area contributed by atoms with Gasteiger partial charge in [-0.05, 0) is 38.0 Å². The van der Waals surface area contributed by atoms with Crippen LogP contribution in [0.1, 0.15) is 28.9 Å². The van der Waals surface area contributed by atoms with Crippen LogP contribution in [-0.4, -0.2) is 8.42 Å². The van der Waals surface area contributed by atoms with Gasteiger partial charge in [0, 0.05) is 12.1 Å². The Morgan fingerprint density at radius 1 is 1.15 bits per heavy atom. The number of pyridine rings is 1. The SMILES string of the molecule is Cc1ccc(C(C)S(=O)(=O)c2cccc[n+]2[O-])c(C)c1. The van der Waals surface area contributed by atoms with Crippen molar-refractivity contribution in [2.75, 3.05) is 0 Å². The maximum atomic E-state index is 12.6. The lowest BCUT2D eigenvalue weighted by molar-refractivity contribution is -0.646. The predicted octanol–water partition coefficient (Wildman–Crippen LogP) is 2.47. The molecule has 0 bridgehead atoms. The third-order valence-corrected chi connectivity index (χ3v) is 5.49. The number of aromatic nitrogens is 1. The zero-order valence-electron chi connectivity index (χ0n) is 11.7. The van der Waals surface area contributed by atoms with Gasteiger partial charge in [0.2, 0.25) is 9.84 Å². The summed E-state index contributed by atoms with van der Waals surface area (Å²) in [5.74, 6) is 0. The van der Waals surface area contributed by atoms with E-state index in [0.29, 0.717) is 4.73 Å². The fourth-order valence-electron chi connectivity index (χ4n) is 2.26. The van der Waals surface area contributed by atoms with Crippen molar-refractivity contribution in [2.45, 2.75) is 31.0 Å². The summed E-state index contributed by atoms with van der Waals surface area (Å²) >= 11 is 0. The van der Waals surface area contributed by atoms with E-state index in [2.05, 4.69) is 0 Å². The molecule has 0 aliphatic rings. The van der Waals surface area contributed by atoms with Crippen LogP contribution >= 0.6 is 0 Å². The Balaban J connectivity index is 2.52. The molecule has 2 rings (SSSR count). The minimum atomic E-state index is -3.71. The van der Waals surface area contributed by atoms with E-state index in [1.165, 1.54) is 18.3 Å². The highest BCUT2D eigenvalue weighted by atomic mass is 32.2. The van der Waals surface area contributed by atoms with Crippen molar-refractivity contribution < 1.29 is 13.1 Å². The van der Waals surface area contributed by atoms with Crippen molar-refractivity contribution in [2.24, 2.45) is 0 Å². The third kappa shape index (κ3) is 2.54. The van der Waals surface area contributed by atoms with Crippen LogP contribution in [0, 0.1) is 19.1 Å². The van der Waals surface area contributed by atoms with Crippen LogP contribution in [0.4, 0.5) is 0 Å². The Labute approximate surface area is 119 Å². The van der Waals surface area contributed by atoms with Gasteiger partial charge in [-0.25, -0.2) is 8.42 Å². The Morgan fingerprint density at radius 2 is 1.85 bits per heavy atom. The summed E-state index contributed by atoms with van der Waals surface area (Å²) in [5, 5.41) is 10.7. The van der Waals surface area contributed by atoms with E-state index in [1.54, 1.807) is 13.0 Å². The molecule has 1 heterocycles. The molecule has 0 spiro atoms. The van der Waals surface area contributed by atoms with Gasteiger partial charge in [0.1, 0.15) is 0 Å². The molecular weight excluding hydrogens is 274 g/mol. The second-order valence-corrected chi connectivity index (χ2v) is 7.13. The van der Waals surface area contributed by atoms with E-state index in [4.69, 9.17) is 0 Å². The summed E-state index contributed by atoms with van der Waals surface area (Å²) in [6.07, 6.45) is 1.20. The van der Waals surface area contributed by atoms with E-state index < -0.39 is 15.1 Å². The largest absolute Gasteiger partial charge is 0.618 e. The molecule has 1 aromatic carbocycles. The zero-order valence-corrected chi connectivity index (χ0v) is 12.5. The molecule has 0 aliphatic carbocycles. The topological polar surface area (TPSA) is 61.1 Å². The maximum Gasteiger partial charge on any atom is 0.309 e. The first-order valence-electron chi connectivity index (χ1n) is 6.33. The van der Waals surface area contributed by atoms with Crippen molar-refractivity contribution in [3.05, 3.63) is 64.5 Å². The minimum Gasteiger partial charge on any atom is -0.618 e. The van der Waals surface area contributed by atoms with Crippen molar-refractivity contribution in [1.82, 2.24) is 0 Å². The van der Waals surface area contributed by atoms with Crippen LogP contribution < -0.4 is 4.73 Å². The number of nitrogens with zero attached hydrogens (tertiary/aromatic N) is 1. The lowest BCUT2D eigenvalue weighted by atomic mass is 10.0. The van der Waals surface area contributed by atoms with E-state index >= 15 is 0 Å². The average Bonchev–Trinajstić information content (AvgIpc) is 2.38. The van der Waals surface area contributed by atoms with E-state index in [-0.39, 0.29) is 5.03 Å². The van der Waals surface area contributed by atoms with Crippen LogP contribution in [0.3, 0.4) is 0 Å². The molecule has 0 saturated carbocycles. The minimum absolute atomic E-state index is 0.215. The molecule has 1 atom stereocenters. The Kier molecular flexibility index (Phi) is 3.81. The van der Waals surface area contributed by atoms with E-state index in [0.717, 1.165) is 16.7 Å². The molecule has 2 aromatic rings. The smallest absolute Gasteiger partial charge is 0.309 e. The molecule has 4 nitrogen and oxygen atoms in total. The Bertz CT molecular complexity index is 739. The first kappa shape index (κ1) is 14.5. The summed E-state index contributed by atoms with van der Waals surface area (Å²) in [4.78, 5) is 0. The van der Waals surface area contributed by atoms with Gasteiger partial charge in [-0.1, -0.05) is 23.8 Å². The second kappa shape index (κ2) is 5.25. The van der Waals surface area contributed by atoms with Crippen LogP contribution in [0.5, 0.6) is 0 Å². The van der Waals surface area contributed by atoms with Crippen LogP contribution in [0.15, 0.2) is 47.6 Å². The van der Waals surface area contributed by atoms with Crippen molar-refractivity contribution >= 4 is 9.84 Å². The number of aryl methyl sites for hydroxylation is 2. The number of sulfone groups is 1. The molecule has 0 fully saturated rings. The van der Waals surface area contributed by atoms with Crippen LogP contribution in [0.2, 0.25) is 0 Å². The fourth-order valence-corrected chi connectivity index (χ4v) is 3.80. The summed E-state index contributed by atoms with van der Waals surface area (Å²) in [6, 6.07) is 10.0. The van der Waals surface area contributed by atoms with Crippen molar-refractivity contribution in [1.29, 1.82) is 0 Å². The summed E-state index contributed by atoms with van der Waals surface area (Å²) in [6.45, 7) is 5.45. The van der Waals surface area contributed by atoms with Gasteiger partial charge in [0.15, 0.2) is 6.20 Å². The summed E-state index contributed by atoms with van der Waals surface area (Å²) < 4.78 is 25.5. The van der Waals surface area contributed by atoms with Gasteiger partial charge in [-0.2, -0.15) is 4.73 Å². The first-order chi connectivity index (χ1) is 9.34. The van der Waals surface area contributed by atoms with Crippen LogP contribution in [0.25, 0.3) is 0 Å².